The minimum Gasteiger partial charge on any atom is -0.394 e. The summed E-state index contributed by atoms with van der Waals surface area (Å²) in [5.41, 5.74) is 0. The van der Waals surface area contributed by atoms with Gasteiger partial charge in [0.15, 0.2) is 0 Å². The van der Waals surface area contributed by atoms with Crippen LogP contribution in [0.2, 0.25) is 10.0 Å². The Bertz CT molecular complexity index is 1630. The van der Waals surface area contributed by atoms with Crippen LogP contribution in [0.1, 0.15) is 36.4 Å². The highest BCUT2D eigenvalue weighted by Gasteiger charge is 2.49. The minimum atomic E-state index is -4.25. The van der Waals surface area contributed by atoms with Gasteiger partial charge in [0.05, 0.1) is 28.6 Å². The zero-order valence-corrected chi connectivity index (χ0v) is 26.6. The monoisotopic (exact) mass is 666 g/mol. The van der Waals surface area contributed by atoms with Crippen molar-refractivity contribution < 1.29 is 27.9 Å². The lowest BCUT2D eigenvalue weighted by Crippen LogP contribution is -2.59. The van der Waals surface area contributed by atoms with Gasteiger partial charge in [-0.1, -0.05) is 55.2 Å². The molecule has 43 heavy (non-hydrogen) atoms. The number of halogens is 2. The maximum Gasteiger partial charge on any atom is 0.262 e. The summed E-state index contributed by atoms with van der Waals surface area (Å²) in [5.74, 6) is -0.964. The molecule has 0 aliphatic carbocycles. The van der Waals surface area contributed by atoms with E-state index in [0.717, 1.165) is 10.1 Å². The predicted molar refractivity (Wildman–Crippen MR) is 166 cm³/mol. The molecule has 3 heterocycles. The van der Waals surface area contributed by atoms with E-state index in [-0.39, 0.29) is 57.8 Å². The number of carbonyl (C=O) groups is 3. The number of likely N-dealkylation sites (tertiary alicyclic amines) is 2. The highest BCUT2D eigenvalue weighted by atomic mass is 35.5. The highest BCUT2D eigenvalue weighted by molar-refractivity contribution is 7.89. The lowest BCUT2D eigenvalue weighted by Gasteiger charge is -2.37. The molecular formula is C29H32Cl2N4O6S2. The molecule has 2 unspecified atom stereocenters. The number of amides is 3. The summed E-state index contributed by atoms with van der Waals surface area (Å²) in [6, 6.07) is 10.6. The molecule has 4 atom stereocenters. The number of thiophene rings is 1. The predicted octanol–water partition coefficient (Wildman–Crippen LogP) is 3.50. The third-order valence-corrected chi connectivity index (χ3v) is 11.0. The summed E-state index contributed by atoms with van der Waals surface area (Å²) in [6.07, 6.45) is 0.970. The number of sulfonamides is 1. The van der Waals surface area contributed by atoms with Gasteiger partial charge in [0.25, 0.3) is 5.91 Å². The molecule has 2 saturated heterocycles. The SMILES string of the molecule is CC(C)CC(NC(=O)c1cc2ccccc2s1)C(=O)N1C[C@H]2C[C@@H]1CN2C(=O)C(CO)NS(=O)(=O)c1ccc(Cl)cc1Cl. The number of rotatable bonds is 10. The molecule has 230 valence electrons. The van der Waals surface area contributed by atoms with Gasteiger partial charge in [0.2, 0.25) is 21.8 Å². The van der Waals surface area contributed by atoms with Gasteiger partial charge in [0.1, 0.15) is 17.0 Å². The molecule has 5 rings (SSSR count). The van der Waals surface area contributed by atoms with E-state index in [9.17, 15) is 27.9 Å². The number of nitrogens with one attached hydrogen (secondary N) is 2. The zero-order valence-electron chi connectivity index (χ0n) is 23.5. The standard InChI is InChI=1S/C29H32Cl2N4O6S2/c1-16(2)9-22(32-27(37)25-10-17-5-3-4-6-24(17)42-25)28(38)34-13-20-12-19(34)14-35(20)29(39)23(15-36)33-43(40,41)26-8-7-18(30)11-21(26)31/h3-8,10-11,16,19-20,22-23,33,36H,9,12-15H2,1-2H3,(H,32,37)/t19-,20-,22?,23?/m1/s1. The Morgan fingerprint density at radius 2 is 1.65 bits per heavy atom. The fourth-order valence-electron chi connectivity index (χ4n) is 5.73. The molecule has 0 radical (unpaired) electrons. The van der Waals surface area contributed by atoms with E-state index in [4.69, 9.17) is 23.2 Å². The van der Waals surface area contributed by atoms with Crippen LogP contribution in [-0.4, -0.2) is 84.9 Å². The topological polar surface area (TPSA) is 136 Å². The molecule has 3 aromatic rings. The summed E-state index contributed by atoms with van der Waals surface area (Å²) in [6.45, 7) is 3.63. The third kappa shape index (κ3) is 6.69. The van der Waals surface area contributed by atoms with Crippen LogP contribution < -0.4 is 10.0 Å². The van der Waals surface area contributed by atoms with Crippen molar-refractivity contribution in [1.29, 1.82) is 0 Å². The van der Waals surface area contributed by atoms with E-state index < -0.39 is 34.6 Å². The van der Waals surface area contributed by atoms with Crippen molar-refractivity contribution in [1.82, 2.24) is 19.8 Å². The molecule has 2 aliphatic rings. The molecule has 2 aliphatic heterocycles. The van der Waals surface area contributed by atoms with Crippen LogP contribution in [0, 0.1) is 5.92 Å². The van der Waals surface area contributed by atoms with Gasteiger partial charge in [-0.25, -0.2) is 8.42 Å². The van der Waals surface area contributed by atoms with Crippen molar-refractivity contribution in [3.8, 4) is 0 Å². The van der Waals surface area contributed by atoms with E-state index in [1.54, 1.807) is 4.90 Å². The maximum absolute atomic E-state index is 13.7. The Morgan fingerprint density at radius 1 is 1.00 bits per heavy atom. The fourth-order valence-corrected chi connectivity index (χ4v) is 8.65. The Hall–Kier alpha value is -2.74. The number of fused-ring (bicyclic) bond motifs is 3. The van der Waals surface area contributed by atoms with Crippen LogP contribution in [0.15, 0.2) is 53.4 Å². The molecule has 0 spiro atoms. The highest BCUT2D eigenvalue weighted by Crippen LogP contribution is 2.33. The van der Waals surface area contributed by atoms with Gasteiger partial charge >= 0.3 is 0 Å². The summed E-state index contributed by atoms with van der Waals surface area (Å²) < 4.78 is 29.1. The summed E-state index contributed by atoms with van der Waals surface area (Å²) in [4.78, 5) is 43.8. The average Bonchev–Trinajstić information content (AvgIpc) is 3.69. The van der Waals surface area contributed by atoms with Crippen molar-refractivity contribution in [2.24, 2.45) is 5.92 Å². The molecule has 14 heteroatoms. The van der Waals surface area contributed by atoms with Crippen LogP contribution >= 0.6 is 34.5 Å². The number of aliphatic hydroxyl groups is 1. The number of hydrogen-bond acceptors (Lipinski definition) is 7. The Kier molecular flexibility index (Phi) is 9.36. The van der Waals surface area contributed by atoms with Crippen LogP contribution in [0.4, 0.5) is 0 Å². The van der Waals surface area contributed by atoms with E-state index in [1.807, 2.05) is 44.2 Å². The Balaban J connectivity index is 1.25. The average molecular weight is 668 g/mol. The molecule has 2 fully saturated rings. The molecule has 3 amide bonds. The maximum atomic E-state index is 13.7. The van der Waals surface area contributed by atoms with Gasteiger partial charge in [-0.3, -0.25) is 14.4 Å². The van der Waals surface area contributed by atoms with Crippen LogP contribution in [-0.2, 0) is 19.6 Å². The van der Waals surface area contributed by atoms with E-state index >= 15 is 0 Å². The van der Waals surface area contributed by atoms with E-state index in [0.29, 0.717) is 17.7 Å². The van der Waals surface area contributed by atoms with Crippen LogP contribution in [0.5, 0.6) is 0 Å². The van der Waals surface area contributed by atoms with Crippen molar-refractivity contribution in [2.45, 2.75) is 55.8 Å². The number of hydrogen-bond donors (Lipinski definition) is 3. The molecule has 2 bridgehead atoms. The number of nitrogens with zero attached hydrogens (tertiary/aromatic N) is 2. The second kappa shape index (κ2) is 12.7. The number of aliphatic hydroxyl groups excluding tert-OH is 1. The first-order chi connectivity index (χ1) is 20.4. The van der Waals surface area contributed by atoms with Gasteiger partial charge < -0.3 is 20.2 Å². The quantitative estimate of drug-likeness (QED) is 0.303. The van der Waals surface area contributed by atoms with Gasteiger partial charge in [-0.2, -0.15) is 4.72 Å². The minimum absolute atomic E-state index is 0.117. The number of carbonyl (C=O) groups excluding carboxylic acids is 3. The number of benzene rings is 2. The smallest absolute Gasteiger partial charge is 0.262 e. The van der Waals surface area contributed by atoms with Crippen molar-refractivity contribution in [3.05, 3.63) is 63.5 Å². The zero-order chi connectivity index (χ0) is 31.1. The van der Waals surface area contributed by atoms with Crippen LogP contribution in [0.25, 0.3) is 10.1 Å². The third-order valence-electron chi connectivity index (χ3n) is 7.73. The van der Waals surface area contributed by atoms with Gasteiger partial charge in [-0.15, -0.1) is 11.3 Å². The lowest BCUT2D eigenvalue weighted by atomic mass is 10.0. The Morgan fingerprint density at radius 3 is 2.23 bits per heavy atom. The molecule has 3 N–H and O–H groups in total. The lowest BCUT2D eigenvalue weighted by molar-refractivity contribution is -0.142. The number of piperazine rings is 1. The summed E-state index contributed by atoms with van der Waals surface area (Å²) in [5, 5.41) is 14.0. The Labute approximate surface area is 264 Å². The largest absolute Gasteiger partial charge is 0.394 e. The van der Waals surface area contributed by atoms with Crippen molar-refractivity contribution in [2.75, 3.05) is 19.7 Å². The molecule has 0 saturated carbocycles. The second-order valence-corrected chi connectivity index (χ2v) is 14.9. The molecular weight excluding hydrogens is 635 g/mol. The van der Waals surface area contributed by atoms with E-state index in [2.05, 4.69) is 10.0 Å². The van der Waals surface area contributed by atoms with E-state index in [1.165, 1.54) is 34.4 Å². The first-order valence-electron chi connectivity index (χ1n) is 13.9. The molecule has 10 nitrogen and oxygen atoms in total. The first kappa shape index (κ1) is 31.7. The van der Waals surface area contributed by atoms with Crippen LogP contribution in [0.3, 0.4) is 0 Å². The van der Waals surface area contributed by atoms with Gasteiger partial charge in [0, 0.05) is 22.8 Å². The summed E-state index contributed by atoms with van der Waals surface area (Å²) >= 11 is 13.3. The summed E-state index contributed by atoms with van der Waals surface area (Å²) in [7, 11) is -4.25. The fraction of sp³-hybridized carbons (Fsp3) is 0.414. The van der Waals surface area contributed by atoms with Crippen molar-refractivity contribution in [3.63, 3.8) is 0 Å². The molecule has 2 aromatic carbocycles. The normalized spacial score (nSPS) is 19.7. The van der Waals surface area contributed by atoms with Crippen molar-refractivity contribution >= 4 is 72.4 Å². The second-order valence-electron chi connectivity index (χ2n) is 11.3. The molecule has 1 aromatic heterocycles. The van der Waals surface area contributed by atoms with Gasteiger partial charge in [-0.05, 0) is 54.5 Å². The first-order valence-corrected chi connectivity index (χ1v) is 16.9.